The van der Waals surface area contributed by atoms with Crippen molar-refractivity contribution in [2.24, 2.45) is 23.7 Å². The van der Waals surface area contributed by atoms with Gasteiger partial charge in [-0.05, 0) is 23.7 Å². The van der Waals surface area contributed by atoms with Gasteiger partial charge in [-0.25, -0.2) is 0 Å². The van der Waals surface area contributed by atoms with Crippen molar-refractivity contribution in [2.75, 3.05) is 31.3 Å². The van der Waals surface area contributed by atoms with Crippen LogP contribution in [0.15, 0.2) is 0 Å². The third kappa shape index (κ3) is 13.3. The molecule has 6 heteroatoms. The Bertz CT molecular complexity index is 339. The topological polar surface area (TPSA) is 6.48 Å². The van der Waals surface area contributed by atoms with Crippen LogP contribution < -0.4 is 0 Å². The van der Waals surface area contributed by atoms with Crippen LogP contribution in [-0.2, 0) is 0 Å². The lowest BCUT2D eigenvalue weighted by atomic mass is 10.1. The molecule has 0 bridgehead atoms. The second-order valence-electron chi connectivity index (χ2n) is 8.32. The molecular formula is C19H38N2S4. The van der Waals surface area contributed by atoms with Crippen LogP contribution in [0, 0.1) is 23.7 Å². The van der Waals surface area contributed by atoms with Gasteiger partial charge in [-0.1, -0.05) is 103 Å². The lowest BCUT2D eigenvalue weighted by molar-refractivity contribution is 0.337. The molecule has 0 aromatic rings. The summed E-state index contributed by atoms with van der Waals surface area (Å²) in [6.45, 7) is 22.1. The maximum absolute atomic E-state index is 5.69. The Balaban J connectivity index is 4.51. The van der Waals surface area contributed by atoms with Crippen LogP contribution in [0.1, 0.15) is 55.4 Å². The minimum Gasteiger partial charge on any atom is -0.357 e. The Morgan fingerprint density at radius 1 is 0.600 bits per heavy atom. The standard InChI is InChI=1S/C19H38N2S4/c1-14(2)9-20(10-15(3)4)18(22)24-13-25-19(23)21(11-16(5)6)12-17(7)8/h14-17H,9-13H2,1-8H3. The predicted molar refractivity (Wildman–Crippen MR) is 128 cm³/mol. The summed E-state index contributed by atoms with van der Waals surface area (Å²) in [5.74, 6) is 2.49. The number of thioether (sulfide) groups is 2. The van der Waals surface area contributed by atoms with Gasteiger partial charge in [0.25, 0.3) is 0 Å². The minimum atomic E-state index is 0.624. The van der Waals surface area contributed by atoms with E-state index in [1.165, 1.54) is 0 Å². The van der Waals surface area contributed by atoms with Crippen molar-refractivity contribution < 1.29 is 0 Å². The zero-order chi connectivity index (χ0) is 19.6. The van der Waals surface area contributed by atoms with Crippen molar-refractivity contribution in [3.8, 4) is 0 Å². The molecule has 0 unspecified atom stereocenters. The lowest BCUT2D eigenvalue weighted by Crippen LogP contribution is -2.35. The molecule has 0 atom stereocenters. The summed E-state index contributed by atoms with van der Waals surface area (Å²) in [4.78, 5) is 4.72. The number of thiocarbonyl (C=S) groups is 2. The normalized spacial score (nSPS) is 11.7. The summed E-state index contributed by atoms with van der Waals surface area (Å²) >= 11 is 14.9. The van der Waals surface area contributed by atoms with Gasteiger partial charge in [0.2, 0.25) is 0 Å². The van der Waals surface area contributed by atoms with Crippen molar-refractivity contribution >= 4 is 56.6 Å². The first-order chi connectivity index (χ1) is 11.5. The summed E-state index contributed by atoms with van der Waals surface area (Å²) in [7, 11) is 0. The molecule has 0 aliphatic heterocycles. The molecule has 2 nitrogen and oxygen atoms in total. The molecule has 25 heavy (non-hydrogen) atoms. The van der Waals surface area contributed by atoms with Crippen LogP contribution in [0.25, 0.3) is 0 Å². The largest absolute Gasteiger partial charge is 0.357 e. The summed E-state index contributed by atoms with van der Waals surface area (Å²) in [6.07, 6.45) is 0. The molecule has 0 saturated carbocycles. The molecule has 0 aliphatic carbocycles. The Morgan fingerprint density at radius 3 is 1.04 bits per heavy atom. The van der Waals surface area contributed by atoms with Gasteiger partial charge >= 0.3 is 0 Å². The van der Waals surface area contributed by atoms with Gasteiger partial charge in [-0.15, -0.1) is 0 Å². The molecule has 0 rings (SSSR count). The molecule has 0 fully saturated rings. The molecular weight excluding hydrogens is 384 g/mol. The SMILES string of the molecule is CC(C)CN(CC(C)C)C(=S)SCSC(=S)N(CC(C)C)CC(C)C. The third-order valence-corrected chi connectivity index (χ3v) is 6.40. The maximum Gasteiger partial charge on any atom is 0.137 e. The lowest BCUT2D eigenvalue weighted by Gasteiger charge is -2.29. The van der Waals surface area contributed by atoms with Crippen molar-refractivity contribution in [2.45, 2.75) is 55.4 Å². The fraction of sp³-hybridized carbons (Fsp3) is 0.895. The first kappa shape index (κ1) is 25.5. The van der Waals surface area contributed by atoms with E-state index in [0.717, 1.165) is 39.9 Å². The van der Waals surface area contributed by atoms with E-state index < -0.39 is 0 Å². The monoisotopic (exact) mass is 422 g/mol. The summed E-state index contributed by atoms with van der Waals surface area (Å²) in [6, 6.07) is 0. The Labute approximate surface area is 176 Å². The average molecular weight is 423 g/mol. The second-order valence-corrected chi connectivity index (χ2v) is 11.9. The molecule has 0 aromatic heterocycles. The van der Waals surface area contributed by atoms with Crippen LogP contribution in [0.2, 0.25) is 0 Å². The highest BCUT2D eigenvalue weighted by atomic mass is 32.2. The highest BCUT2D eigenvalue weighted by Crippen LogP contribution is 2.22. The zero-order valence-electron chi connectivity index (χ0n) is 17.4. The summed E-state index contributed by atoms with van der Waals surface area (Å²) in [5.41, 5.74) is 0. The molecule has 0 aliphatic rings. The first-order valence-corrected chi connectivity index (χ1v) is 12.1. The van der Waals surface area contributed by atoms with E-state index in [-0.39, 0.29) is 0 Å². The summed E-state index contributed by atoms with van der Waals surface area (Å²) in [5, 5.41) is 0.900. The van der Waals surface area contributed by atoms with Gasteiger partial charge in [-0.3, -0.25) is 0 Å². The second kappa shape index (κ2) is 13.6. The van der Waals surface area contributed by atoms with E-state index in [2.05, 4.69) is 65.2 Å². The molecule has 0 N–H and O–H groups in total. The molecule has 0 spiro atoms. The third-order valence-electron chi connectivity index (χ3n) is 3.22. The van der Waals surface area contributed by atoms with Gasteiger partial charge in [0.1, 0.15) is 8.64 Å². The van der Waals surface area contributed by atoms with Crippen molar-refractivity contribution in [3.05, 3.63) is 0 Å². The minimum absolute atomic E-state index is 0.624. The molecule has 148 valence electrons. The highest BCUT2D eigenvalue weighted by Gasteiger charge is 2.16. The molecule has 0 amide bonds. The van der Waals surface area contributed by atoms with E-state index in [0.29, 0.717) is 23.7 Å². The molecule has 0 saturated heterocycles. The number of hydrogen-bond acceptors (Lipinski definition) is 4. The Hall–Kier alpha value is 0.480. The van der Waals surface area contributed by atoms with Crippen LogP contribution >= 0.6 is 48.0 Å². The van der Waals surface area contributed by atoms with Gasteiger partial charge in [0.05, 0.1) is 5.08 Å². The predicted octanol–water partition coefficient (Wildman–Crippen LogP) is 6.21. The maximum atomic E-state index is 5.69. The fourth-order valence-electron chi connectivity index (χ4n) is 2.52. The van der Waals surface area contributed by atoms with E-state index in [1.807, 2.05) is 0 Å². The Morgan fingerprint density at radius 2 is 0.840 bits per heavy atom. The Kier molecular flexibility index (Phi) is 13.9. The summed E-state index contributed by atoms with van der Waals surface area (Å²) < 4.78 is 2.02. The van der Waals surface area contributed by atoms with Crippen molar-refractivity contribution in [1.82, 2.24) is 9.80 Å². The molecule has 0 radical (unpaired) electrons. The number of nitrogens with zero attached hydrogens (tertiary/aromatic N) is 2. The van der Waals surface area contributed by atoms with Gasteiger partial charge in [0, 0.05) is 26.2 Å². The molecule has 0 heterocycles. The fourth-order valence-corrected chi connectivity index (χ4v) is 5.39. The van der Waals surface area contributed by atoms with Gasteiger partial charge in [-0.2, -0.15) is 0 Å². The van der Waals surface area contributed by atoms with Gasteiger partial charge in [0.15, 0.2) is 0 Å². The van der Waals surface area contributed by atoms with Crippen LogP contribution in [0.4, 0.5) is 0 Å². The van der Waals surface area contributed by atoms with E-state index in [1.54, 1.807) is 23.5 Å². The highest BCUT2D eigenvalue weighted by molar-refractivity contribution is 8.35. The zero-order valence-corrected chi connectivity index (χ0v) is 20.6. The van der Waals surface area contributed by atoms with E-state index >= 15 is 0 Å². The quantitative estimate of drug-likeness (QED) is 0.303. The first-order valence-electron chi connectivity index (χ1n) is 9.36. The van der Waals surface area contributed by atoms with Crippen LogP contribution in [-0.4, -0.2) is 49.7 Å². The van der Waals surface area contributed by atoms with Crippen LogP contribution in [0.3, 0.4) is 0 Å². The average Bonchev–Trinajstić information content (AvgIpc) is 2.43. The van der Waals surface area contributed by atoms with Crippen molar-refractivity contribution in [3.63, 3.8) is 0 Å². The number of hydrogen-bond donors (Lipinski definition) is 0. The van der Waals surface area contributed by atoms with Gasteiger partial charge < -0.3 is 9.80 Å². The van der Waals surface area contributed by atoms with E-state index in [4.69, 9.17) is 24.4 Å². The molecule has 0 aromatic carbocycles. The van der Waals surface area contributed by atoms with Crippen molar-refractivity contribution in [1.29, 1.82) is 0 Å². The van der Waals surface area contributed by atoms with E-state index in [9.17, 15) is 0 Å². The van der Waals surface area contributed by atoms with Crippen LogP contribution in [0.5, 0.6) is 0 Å². The smallest absolute Gasteiger partial charge is 0.137 e. The number of rotatable bonds is 10.